The lowest BCUT2D eigenvalue weighted by molar-refractivity contribution is -0.131. The van der Waals surface area contributed by atoms with Gasteiger partial charge >= 0.3 is 5.97 Å². The van der Waals surface area contributed by atoms with Gasteiger partial charge in [0.2, 0.25) is 0 Å². The molecule has 3 atom stereocenters. The molecule has 1 aliphatic carbocycles. The highest BCUT2D eigenvalue weighted by Gasteiger charge is 2.59. The summed E-state index contributed by atoms with van der Waals surface area (Å²) < 4.78 is 5.70. The van der Waals surface area contributed by atoms with E-state index in [9.17, 15) is 4.79 Å². The molecule has 0 heterocycles. The van der Waals surface area contributed by atoms with Crippen molar-refractivity contribution in [1.82, 2.24) is 0 Å². The Morgan fingerprint density at radius 1 is 1.17 bits per heavy atom. The van der Waals surface area contributed by atoms with E-state index < -0.39 is 5.97 Å². The van der Waals surface area contributed by atoms with E-state index in [0.717, 1.165) is 19.3 Å². The van der Waals surface area contributed by atoms with Gasteiger partial charge in [0, 0.05) is 18.1 Å². The topological polar surface area (TPSA) is 46.5 Å². The lowest BCUT2D eigenvalue weighted by atomic mass is 9.86. The Balaban J connectivity index is 0.000000791. The Kier molecular flexibility index (Phi) is 12.6. The lowest BCUT2D eigenvalue weighted by Crippen LogP contribution is -2.11. The molecule has 0 amide bonds. The number of aliphatic carboxylic acids is 1. The van der Waals surface area contributed by atoms with E-state index in [1.165, 1.54) is 22.8 Å². The Morgan fingerprint density at radius 3 is 1.93 bits per heavy atom. The number of carbonyl (C=O) groups is 1. The summed E-state index contributed by atoms with van der Waals surface area (Å²) in [5.74, 6) is 1.67. The summed E-state index contributed by atoms with van der Waals surface area (Å²) in [6, 6.07) is 7.28. The molecular weight excluding hydrogens is 372 g/mol. The van der Waals surface area contributed by atoms with E-state index in [0.29, 0.717) is 29.1 Å². The Bertz CT molecular complexity index is 661. The van der Waals surface area contributed by atoms with Crippen LogP contribution in [0.5, 0.6) is 0 Å². The summed E-state index contributed by atoms with van der Waals surface area (Å²) in [6.07, 6.45) is 4.31. The van der Waals surface area contributed by atoms with Gasteiger partial charge in [0.05, 0.1) is 6.61 Å². The van der Waals surface area contributed by atoms with E-state index in [1.54, 1.807) is 13.0 Å². The van der Waals surface area contributed by atoms with Gasteiger partial charge in [-0.3, -0.25) is 0 Å². The van der Waals surface area contributed by atoms with Gasteiger partial charge in [-0.1, -0.05) is 71.9 Å². The minimum atomic E-state index is -0.891. The number of benzene rings is 1. The zero-order valence-electron chi connectivity index (χ0n) is 20.7. The van der Waals surface area contributed by atoms with Crippen LogP contribution in [-0.2, 0) is 14.9 Å². The van der Waals surface area contributed by atoms with E-state index in [1.807, 2.05) is 6.92 Å². The number of carboxylic acids is 1. The number of hydrogen-bond donors (Lipinski definition) is 1. The summed E-state index contributed by atoms with van der Waals surface area (Å²) >= 11 is 0. The van der Waals surface area contributed by atoms with E-state index >= 15 is 0 Å². The monoisotopic (exact) mass is 416 g/mol. The summed E-state index contributed by atoms with van der Waals surface area (Å²) in [7, 11) is 0. The van der Waals surface area contributed by atoms with Crippen LogP contribution in [0.15, 0.2) is 43.0 Å². The van der Waals surface area contributed by atoms with Gasteiger partial charge in [0.25, 0.3) is 0 Å². The minimum absolute atomic E-state index is 0.295. The molecule has 170 valence electrons. The maximum Gasteiger partial charge on any atom is 0.327 e. The highest BCUT2D eigenvalue weighted by Crippen LogP contribution is 2.60. The third-order valence-electron chi connectivity index (χ3n) is 5.95. The van der Waals surface area contributed by atoms with Crippen molar-refractivity contribution in [3.8, 4) is 0 Å². The fourth-order valence-corrected chi connectivity index (χ4v) is 3.67. The minimum Gasteiger partial charge on any atom is -0.478 e. The molecule has 0 bridgehead atoms. The normalized spacial score (nSPS) is 22.2. The predicted octanol–water partition coefficient (Wildman–Crippen LogP) is 7.33. The smallest absolute Gasteiger partial charge is 0.327 e. The van der Waals surface area contributed by atoms with Gasteiger partial charge in [-0.15, -0.1) is 6.58 Å². The molecular formula is C27H44O3. The molecule has 0 radical (unpaired) electrons. The molecule has 2 rings (SSSR count). The van der Waals surface area contributed by atoms with Gasteiger partial charge < -0.3 is 9.84 Å². The molecule has 0 saturated heterocycles. The molecule has 2 unspecified atom stereocenters. The fourth-order valence-electron chi connectivity index (χ4n) is 3.67. The van der Waals surface area contributed by atoms with Crippen LogP contribution in [0, 0.1) is 11.8 Å². The average molecular weight is 417 g/mol. The number of ether oxygens (including phenoxy) is 1. The zero-order chi connectivity index (χ0) is 23.5. The Hall–Kier alpha value is -1.87. The molecule has 1 saturated carbocycles. The fraction of sp³-hybridized carbons (Fsp3) is 0.593. The molecule has 3 heteroatoms. The van der Waals surface area contributed by atoms with Crippen LogP contribution in [0.4, 0.5) is 0 Å². The summed E-state index contributed by atoms with van der Waals surface area (Å²) in [5.41, 5.74) is 4.77. The summed E-state index contributed by atoms with van der Waals surface area (Å²) in [4.78, 5) is 9.51. The molecule has 1 N–H and O–H groups in total. The number of rotatable bonds is 7. The largest absolute Gasteiger partial charge is 0.478 e. The molecule has 1 aromatic carbocycles. The predicted molar refractivity (Wildman–Crippen MR) is 129 cm³/mol. The van der Waals surface area contributed by atoms with Crippen LogP contribution in [0.1, 0.15) is 90.8 Å². The third kappa shape index (κ3) is 8.10. The second kappa shape index (κ2) is 13.4. The zero-order valence-corrected chi connectivity index (χ0v) is 20.7. The van der Waals surface area contributed by atoms with Crippen molar-refractivity contribution in [2.75, 3.05) is 13.2 Å². The maximum atomic E-state index is 9.51. The number of hydrogen-bond acceptors (Lipinski definition) is 2. The molecule has 0 aliphatic heterocycles. The van der Waals surface area contributed by atoms with Crippen molar-refractivity contribution in [1.29, 1.82) is 0 Å². The van der Waals surface area contributed by atoms with Crippen LogP contribution >= 0.6 is 0 Å². The molecule has 1 aromatic rings. The lowest BCUT2D eigenvalue weighted by Gasteiger charge is -2.19. The van der Waals surface area contributed by atoms with Crippen LogP contribution < -0.4 is 0 Å². The van der Waals surface area contributed by atoms with Gasteiger partial charge in [-0.25, -0.2) is 4.79 Å². The molecule has 0 aromatic heterocycles. The molecule has 0 spiro atoms. The van der Waals surface area contributed by atoms with Crippen molar-refractivity contribution in [2.45, 2.75) is 79.6 Å². The first-order chi connectivity index (χ1) is 14.0. The summed E-state index contributed by atoms with van der Waals surface area (Å²) in [6.45, 7) is 24.7. The highest BCUT2D eigenvalue weighted by molar-refractivity contribution is 5.79. The Labute approximate surface area is 185 Å². The average Bonchev–Trinajstić information content (AvgIpc) is 3.21. The second-order valence-corrected chi connectivity index (χ2v) is 8.78. The van der Waals surface area contributed by atoms with Crippen molar-refractivity contribution >= 4 is 5.97 Å². The van der Waals surface area contributed by atoms with Gasteiger partial charge in [0.15, 0.2) is 0 Å². The molecule has 30 heavy (non-hydrogen) atoms. The van der Waals surface area contributed by atoms with Gasteiger partial charge in [-0.2, -0.15) is 0 Å². The van der Waals surface area contributed by atoms with Crippen molar-refractivity contribution < 1.29 is 14.6 Å². The third-order valence-corrected chi connectivity index (χ3v) is 5.95. The van der Waals surface area contributed by atoms with Crippen molar-refractivity contribution in [3.63, 3.8) is 0 Å². The SMILES string of the molecule is C/C=C/C(=O)O.C=CC.CCOCC1C(C)[C@@]1(C)c1cc(C(C)C)cc(C(C)C)c1. The Morgan fingerprint density at radius 2 is 1.63 bits per heavy atom. The van der Waals surface area contributed by atoms with Crippen LogP contribution in [0.25, 0.3) is 0 Å². The maximum absolute atomic E-state index is 9.51. The first-order valence-electron chi connectivity index (χ1n) is 11.2. The number of carboxylic acid groups (broad SMARTS) is 1. The second-order valence-electron chi connectivity index (χ2n) is 8.78. The first kappa shape index (κ1) is 28.1. The van der Waals surface area contributed by atoms with Crippen LogP contribution in [0.3, 0.4) is 0 Å². The standard InChI is InChI=1S/C20H32O.C4H6O2.C3H6/c1-8-21-12-19-15(6)20(19,7)18-10-16(13(2)3)9-17(11-18)14(4)5;1-2-3-4(5)6;1-3-2/h9-11,13-15,19H,8,12H2,1-7H3;2-3H,1H3,(H,5,6);3H,1H2,2H3/b;3-2+;/t15?,19?,20-;;/m0../s1. The molecule has 1 aliphatic rings. The van der Waals surface area contributed by atoms with Crippen molar-refractivity contribution in [3.05, 3.63) is 59.7 Å². The van der Waals surface area contributed by atoms with E-state index in [2.05, 4.69) is 73.2 Å². The molecule has 1 fully saturated rings. The quantitative estimate of drug-likeness (QED) is 0.374. The van der Waals surface area contributed by atoms with Gasteiger partial charge in [0.1, 0.15) is 0 Å². The number of allylic oxidation sites excluding steroid dienone is 2. The van der Waals surface area contributed by atoms with Crippen LogP contribution in [-0.4, -0.2) is 24.3 Å². The van der Waals surface area contributed by atoms with Crippen molar-refractivity contribution in [2.24, 2.45) is 11.8 Å². The van der Waals surface area contributed by atoms with Gasteiger partial charge in [-0.05, 0) is 61.1 Å². The van der Waals surface area contributed by atoms with Crippen LogP contribution in [0.2, 0.25) is 0 Å². The molecule has 3 nitrogen and oxygen atoms in total. The summed E-state index contributed by atoms with van der Waals surface area (Å²) in [5, 5.41) is 7.83. The first-order valence-corrected chi connectivity index (χ1v) is 11.2. The van der Waals surface area contributed by atoms with E-state index in [-0.39, 0.29) is 0 Å². The highest BCUT2D eigenvalue weighted by atomic mass is 16.5. The van der Waals surface area contributed by atoms with E-state index in [4.69, 9.17) is 9.84 Å².